The molecule has 2 aliphatic rings. The highest BCUT2D eigenvalue weighted by Gasteiger charge is 2.24. The molecule has 0 aromatic heterocycles. The number of hydrogen-bond acceptors (Lipinski definition) is 5. The van der Waals surface area contributed by atoms with Gasteiger partial charge in [0.2, 0.25) is 5.91 Å². The summed E-state index contributed by atoms with van der Waals surface area (Å²) in [4.78, 5) is 25.2. The second kappa shape index (κ2) is 9.09. The lowest BCUT2D eigenvalue weighted by Gasteiger charge is -2.26. The zero-order valence-corrected chi connectivity index (χ0v) is 18.1. The maximum atomic E-state index is 12.9. The number of imide groups is 1. The van der Waals surface area contributed by atoms with Crippen LogP contribution in [0.2, 0.25) is 0 Å². The molecule has 31 heavy (non-hydrogen) atoms. The van der Waals surface area contributed by atoms with Gasteiger partial charge in [-0.3, -0.25) is 15.0 Å². The summed E-state index contributed by atoms with van der Waals surface area (Å²) in [7, 11) is -3.49. The highest BCUT2D eigenvalue weighted by molar-refractivity contribution is 7.91. The van der Waals surface area contributed by atoms with E-state index in [0.29, 0.717) is 24.4 Å². The Morgan fingerprint density at radius 1 is 1.03 bits per heavy atom. The highest BCUT2D eigenvalue weighted by Crippen LogP contribution is 2.26. The van der Waals surface area contributed by atoms with Crippen molar-refractivity contribution in [3.63, 3.8) is 0 Å². The summed E-state index contributed by atoms with van der Waals surface area (Å²) in [6, 6.07) is 13.5. The van der Waals surface area contributed by atoms with Crippen LogP contribution in [0.4, 0.5) is 10.5 Å². The summed E-state index contributed by atoms with van der Waals surface area (Å²) in [6.45, 7) is 0.306. The zero-order valence-electron chi connectivity index (χ0n) is 17.2. The van der Waals surface area contributed by atoms with Crippen molar-refractivity contribution in [1.82, 2.24) is 5.32 Å². The van der Waals surface area contributed by atoms with Gasteiger partial charge in [-0.1, -0.05) is 18.2 Å². The number of ether oxygens (including phenoxy) is 1. The SMILES string of the molecule is O=C1CCN(c2cccc(CCS(=O)(=O)c3cccc(OC4CCCC4)c3)c2)C(=O)N1. The molecular weight excluding hydrogens is 416 g/mol. The average Bonchev–Trinajstić information content (AvgIpc) is 3.26. The van der Waals surface area contributed by atoms with E-state index in [0.717, 1.165) is 31.2 Å². The van der Waals surface area contributed by atoms with Gasteiger partial charge in [-0.2, -0.15) is 0 Å². The fraction of sp³-hybridized carbons (Fsp3) is 0.391. The van der Waals surface area contributed by atoms with Crippen LogP contribution in [-0.2, 0) is 21.1 Å². The molecule has 1 heterocycles. The first-order valence-corrected chi connectivity index (χ1v) is 12.3. The van der Waals surface area contributed by atoms with Crippen LogP contribution in [0.25, 0.3) is 0 Å². The van der Waals surface area contributed by atoms with Gasteiger partial charge in [0, 0.05) is 18.7 Å². The number of carbonyl (C=O) groups is 2. The molecule has 0 unspecified atom stereocenters. The number of carbonyl (C=O) groups excluding carboxylic acids is 2. The minimum atomic E-state index is -3.49. The number of nitrogens with zero attached hydrogens (tertiary/aromatic N) is 1. The van der Waals surface area contributed by atoms with E-state index in [-0.39, 0.29) is 29.1 Å². The van der Waals surface area contributed by atoms with Gasteiger partial charge in [-0.15, -0.1) is 0 Å². The molecule has 1 aliphatic heterocycles. The van der Waals surface area contributed by atoms with Gasteiger partial charge in [0.1, 0.15) is 5.75 Å². The van der Waals surface area contributed by atoms with E-state index in [1.54, 1.807) is 42.5 Å². The van der Waals surface area contributed by atoms with Crippen LogP contribution in [0.5, 0.6) is 5.75 Å². The minimum absolute atomic E-state index is 0.0476. The third-order valence-electron chi connectivity index (χ3n) is 5.71. The van der Waals surface area contributed by atoms with E-state index in [1.807, 2.05) is 6.07 Å². The minimum Gasteiger partial charge on any atom is -0.490 e. The lowest BCUT2D eigenvalue weighted by Crippen LogP contribution is -2.49. The number of aryl methyl sites for hydroxylation is 1. The van der Waals surface area contributed by atoms with E-state index in [4.69, 9.17) is 4.74 Å². The van der Waals surface area contributed by atoms with E-state index in [9.17, 15) is 18.0 Å². The topological polar surface area (TPSA) is 92.8 Å². The number of hydrogen-bond donors (Lipinski definition) is 1. The molecule has 1 aliphatic carbocycles. The largest absolute Gasteiger partial charge is 0.490 e. The summed E-state index contributed by atoms with van der Waals surface area (Å²) in [5.41, 5.74) is 1.45. The van der Waals surface area contributed by atoms with Crippen LogP contribution < -0.4 is 15.0 Å². The molecule has 0 atom stereocenters. The van der Waals surface area contributed by atoms with Crippen molar-refractivity contribution in [2.75, 3.05) is 17.2 Å². The third-order valence-corrected chi connectivity index (χ3v) is 7.42. The van der Waals surface area contributed by atoms with Gasteiger partial charge in [-0.25, -0.2) is 13.2 Å². The first-order valence-electron chi connectivity index (χ1n) is 10.6. The van der Waals surface area contributed by atoms with Crippen molar-refractivity contribution in [3.8, 4) is 5.75 Å². The van der Waals surface area contributed by atoms with Gasteiger partial charge in [0.05, 0.1) is 16.8 Å². The standard InChI is InChI=1S/C23H26N2O5S/c26-22-11-13-25(23(27)24-22)18-6-3-5-17(15-18)12-14-31(28,29)21-10-4-9-20(16-21)30-19-7-1-2-8-19/h3-6,9-10,15-16,19H,1-2,7-8,11-14H2,(H,24,26,27). The van der Waals surface area contributed by atoms with E-state index in [2.05, 4.69) is 5.32 Å². The molecule has 0 radical (unpaired) electrons. The summed E-state index contributed by atoms with van der Waals surface area (Å²) >= 11 is 0. The van der Waals surface area contributed by atoms with Gasteiger partial charge in [0.15, 0.2) is 9.84 Å². The Bertz CT molecular complexity index is 1080. The molecule has 2 aromatic rings. The van der Waals surface area contributed by atoms with Crippen LogP contribution >= 0.6 is 0 Å². The normalized spacial score (nSPS) is 17.6. The van der Waals surface area contributed by atoms with Crippen molar-refractivity contribution in [2.45, 2.75) is 49.5 Å². The molecule has 0 spiro atoms. The molecular formula is C23H26N2O5S. The molecule has 164 valence electrons. The van der Waals surface area contributed by atoms with E-state index in [1.165, 1.54) is 4.90 Å². The quantitative estimate of drug-likeness (QED) is 0.709. The summed E-state index contributed by atoms with van der Waals surface area (Å²) in [5.74, 6) is 0.261. The Morgan fingerprint density at radius 2 is 1.81 bits per heavy atom. The Balaban J connectivity index is 1.43. The molecule has 3 amide bonds. The Morgan fingerprint density at radius 3 is 2.58 bits per heavy atom. The number of sulfone groups is 1. The zero-order chi connectivity index (χ0) is 21.8. The molecule has 1 saturated carbocycles. The second-order valence-electron chi connectivity index (χ2n) is 7.99. The van der Waals surface area contributed by atoms with E-state index < -0.39 is 15.9 Å². The Labute approximate surface area is 182 Å². The molecule has 2 aromatic carbocycles. The smallest absolute Gasteiger partial charge is 0.328 e. The summed E-state index contributed by atoms with van der Waals surface area (Å²) in [5, 5.41) is 2.30. The van der Waals surface area contributed by atoms with Crippen molar-refractivity contribution in [1.29, 1.82) is 0 Å². The van der Waals surface area contributed by atoms with Crippen LogP contribution in [0.3, 0.4) is 0 Å². The maximum absolute atomic E-state index is 12.9. The maximum Gasteiger partial charge on any atom is 0.328 e. The van der Waals surface area contributed by atoms with Crippen LogP contribution in [0.15, 0.2) is 53.4 Å². The van der Waals surface area contributed by atoms with Gasteiger partial charge < -0.3 is 4.74 Å². The average molecular weight is 443 g/mol. The predicted molar refractivity (Wildman–Crippen MR) is 117 cm³/mol. The van der Waals surface area contributed by atoms with Crippen LogP contribution in [-0.4, -0.2) is 38.8 Å². The third kappa shape index (κ3) is 5.25. The van der Waals surface area contributed by atoms with Gasteiger partial charge in [-0.05, 0) is 68.0 Å². The van der Waals surface area contributed by atoms with Crippen LogP contribution in [0, 0.1) is 0 Å². The number of anilines is 1. The van der Waals surface area contributed by atoms with Gasteiger partial charge >= 0.3 is 6.03 Å². The number of amides is 3. The molecule has 0 bridgehead atoms. The van der Waals surface area contributed by atoms with Crippen LogP contribution in [0.1, 0.15) is 37.7 Å². The summed E-state index contributed by atoms with van der Waals surface area (Å²) in [6.07, 6.45) is 5.05. The molecule has 1 N–H and O–H groups in total. The summed E-state index contributed by atoms with van der Waals surface area (Å²) < 4.78 is 31.7. The van der Waals surface area contributed by atoms with Gasteiger partial charge in [0.25, 0.3) is 0 Å². The number of benzene rings is 2. The molecule has 2 fully saturated rings. The molecule has 7 nitrogen and oxygen atoms in total. The number of nitrogens with one attached hydrogen (secondary N) is 1. The lowest BCUT2D eigenvalue weighted by molar-refractivity contribution is -0.120. The number of urea groups is 1. The monoisotopic (exact) mass is 442 g/mol. The first-order chi connectivity index (χ1) is 14.9. The van der Waals surface area contributed by atoms with E-state index >= 15 is 0 Å². The predicted octanol–water partition coefficient (Wildman–Crippen LogP) is 3.47. The van der Waals surface area contributed by atoms with Crippen molar-refractivity contribution in [3.05, 3.63) is 54.1 Å². The fourth-order valence-electron chi connectivity index (χ4n) is 4.00. The molecule has 4 rings (SSSR count). The highest BCUT2D eigenvalue weighted by atomic mass is 32.2. The Hall–Kier alpha value is -2.87. The Kier molecular flexibility index (Phi) is 6.27. The lowest BCUT2D eigenvalue weighted by atomic mass is 10.1. The molecule has 8 heteroatoms. The second-order valence-corrected chi connectivity index (χ2v) is 10.1. The van der Waals surface area contributed by atoms with Crippen molar-refractivity contribution in [2.24, 2.45) is 0 Å². The molecule has 1 saturated heterocycles. The fourth-order valence-corrected chi connectivity index (χ4v) is 5.32. The van der Waals surface area contributed by atoms with Crippen molar-refractivity contribution >= 4 is 27.5 Å². The van der Waals surface area contributed by atoms with Crippen molar-refractivity contribution < 1.29 is 22.7 Å². The number of rotatable bonds is 7. The first kappa shape index (κ1) is 21.4.